The first-order chi connectivity index (χ1) is 14.6. The summed E-state index contributed by atoms with van der Waals surface area (Å²) in [7, 11) is -4.30. The molecule has 2 rings (SSSR count). The first-order valence-corrected chi connectivity index (χ1v) is 11.3. The summed E-state index contributed by atoms with van der Waals surface area (Å²) >= 11 is 0. The summed E-state index contributed by atoms with van der Waals surface area (Å²) in [6.07, 6.45) is 1.06. The van der Waals surface area contributed by atoms with Crippen LogP contribution in [0.3, 0.4) is 0 Å². The fraction of sp³-hybridized carbons (Fsp3) is 0.333. The van der Waals surface area contributed by atoms with Gasteiger partial charge in [-0.1, -0.05) is 25.1 Å². The lowest BCUT2D eigenvalue weighted by molar-refractivity contribution is -0.148. The molecule has 0 bridgehead atoms. The largest absolute Gasteiger partial charge is 0.478 e. The normalized spacial score (nSPS) is 12.1. The predicted octanol–water partition coefficient (Wildman–Crippen LogP) is 3.36. The summed E-state index contributed by atoms with van der Waals surface area (Å²) in [5, 5.41) is 17.6. The number of hydrogen-bond acceptors (Lipinski definition) is 7. The van der Waals surface area contributed by atoms with Gasteiger partial charge in [-0.3, -0.25) is 4.79 Å². The van der Waals surface area contributed by atoms with Crippen LogP contribution in [0.2, 0.25) is 0 Å². The van der Waals surface area contributed by atoms with Crippen molar-refractivity contribution in [2.45, 2.75) is 44.1 Å². The van der Waals surface area contributed by atoms with E-state index in [1.54, 1.807) is 37.3 Å². The van der Waals surface area contributed by atoms with E-state index in [1.807, 2.05) is 6.92 Å². The second kappa shape index (κ2) is 10.8. The lowest BCUT2D eigenvalue weighted by atomic mass is 10.1. The third-order valence-electron chi connectivity index (χ3n) is 4.35. The van der Waals surface area contributed by atoms with Gasteiger partial charge in [-0.15, -0.1) is 0 Å². The van der Waals surface area contributed by atoms with Gasteiger partial charge in [0.05, 0.1) is 17.4 Å². The SMILES string of the molecule is CCC(C)OC(=O)CCCNc1cc(C(=O)O)cc(S(N)(=O)=O)c1Oc1ccccc1. The van der Waals surface area contributed by atoms with Crippen molar-refractivity contribution >= 4 is 27.6 Å². The second-order valence-corrected chi connectivity index (χ2v) is 8.39. The average Bonchev–Trinajstić information content (AvgIpc) is 2.71. The Balaban J connectivity index is 2.29. The molecular weight excluding hydrogens is 424 g/mol. The summed E-state index contributed by atoms with van der Waals surface area (Å²) in [6, 6.07) is 10.6. The molecule has 9 nitrogen and oxygen atoms in total. The van der Waals surface area contributed by atoms with E-state index in [1.165, 1.54) is 6.07 Å². The zero-order valence-corrected chi connectivity index (χ0v) is 18.1. The topological polar surface area (TPSA) is 145 Å². The number of esters is 1. The van der Waals surface area contributed by atoms with Crippen LogP contribution in [0.5, 0.6) is 11.5 Å². The molecule has 0 aromatic heterocycles. The molecule has 2 aromatic rings. The predicted molar refractivity (Wildman–Crippen MR) is 115 cm³/mol. The number of carbonyl (C=O) groups excluding carboxylic acids is 1. The smallest absolute Gasteiger partial charge is 0.335 e. The van der Waals surface area contributed by atoms with Crippen LogP contribution in [-0.4, -0.2) is 38.1 Å². The van der Waals surface area contributed by atoms with Crippen molar-refractivity contribution in [3.63, 3.8) is 0 Å². The molecule has 0 aliphatic carbocycles. The Kier molecular flexibility index (Phi) is 8.40. The molecule has 4 N–H and O–H groups in total. The number of carboxylic acids is 1. The number of ether oxygens (including phenoxy) is 2. The Morgan fingerprint density at radius 3 is 2.45 bits per heavy atom. The second-order valence-electron chi connectivity index (χ2n) is 6.86. The summed E-state index contributed by atoms with van der Waals surface area (Å²) in [5.74, 6) is -1.45. The number of primary sulfonamides is 1. The molecular formula is C21H26N2O7S. The van der Waals surface area contributed by atoms with Gasteiger partial charge in [-0.25, -0.2) is 18.4 Å². The maximum Gasteiger partial charge on any atom is 0.335 e. The Bertz CT molecular complexity index is 1020. The van der Waals surface area contributed by atoms with E-state index in [4.69, 9.17) is 14.6 Å². The fourth-order valence-electron chi connectivity index (χ4n) is 2.60. The van der Waals surface area contributed by atoms with Gasteiger partial charge >= 0.3 is 11.9 Å². The van der Waals surface area contributed by atoms with Gasteiger partial charge in [-0.05, 0) is 44.0 Å². The average molecular weight is 451 g/mol. The molecule has 0 aliphatic rings. The van der Waals surface area contributed by atoms with E-state index in [9.17, 15) is 23.1 Å². The number of benzene rings is 2. The van der Waals surface area contributed by atoms with Crippen molar-refractivity contribution < 1.29 is 32.6 Å². The van der Waals surface area contributed by atoms with E-state index in [0.717, 1.165) is 6.07 Å². The maximum atomic E-state index is 12.1. The van der Waals surface area contributed by atoms with E-state index >= 15 is 0 Å². The van der Waals surface area contributed by atoms with Crippen LogP contribution < -0.4 is 15.2 Å². The standard InChI is InChI=1S/C21H26N2O7S/c1-3-14(2)29-19(24)10-7-11-23-17-12-15(21(25)26)13-18(31(22,27)28)20(17)30-16-8-5-4-6-9-16/h4-6,8-9,12-14,23H,3,7,10-11H2,1-2H3,(H,25,26)(H2,22,27,28). The highest BCUT2D eigenvalue weighted by atomic mass is 32.2. The van der Waals surface area contributed by atoms with E-state index in [-0.39, 0.29) is 42.0 Å². The highest BCUT2D eigenvalue weighted by Crippen LogP contribution is 2.37. The van der Waals surface area contributed by atoms with Crippen molar-refractivity contribution in [1.29, 1.82) is 0 Å². The molecule has 0 saturated carbocycles. The monoisotopic (exact) mass is 450 g/mol. The minimum Gasteiger partial charge on any atom is -0.478 e. The molecule has 10 heteroatoms. The Hall–Kier alpha value is -3.11. The number of para-hydroxylation sites is 1. The molecule has 0 aliphatic heterocycles. The van der Waals surface area contributed by atoms with Crippen LogP contribution >= 0.6 is 0 Å². The lowest BCUT2D eigenvalue weighted by Crippen LogP contribution is -2.17. The number of nitrogens with one attached hydrogen (secondary N) is 1. The van der Waals surface area contributed by atoms with Crippen LogP contribution in [0, 0.1) is 0 Å². The Labute approximate surface area is 181 Å². The maximum absolute atomic E-state index is 12.1. The lowest BCUT2D eigenvalue weighted by Gasteiger charge is -2.17. The number of anilines is 1. The van der Waals surface area contributed by atoms with Crippen molar-refractivity contribution in [1.82, 2.24) is 0 Å². The van der Waals surface area contributed by atoms with Crippen LogP contribution in [0.4, 0.5) is 5.69 Å². The number of nitrogens with two attached hydrogens (primary N) is 1. The summed E-state index contributed by atoms with van der Waals surface area (Å²) in [4.78, 5) is 22.8. The molecule has 1 unspecified atom stereocenters. The van der Waals surface area contributed by atoms with Crippen molar-refractivity contribution in [3.05, 3.63) is 48.0 Å². The fourth-order valence-corrected chi connectivity index (χ4v) is 3.30. The number of hydrogen-bond donors (Lipinski definition) is 3. The quantitative estimate of drug-likeness (QED) is 0.349. The zero-order chi connectivity index (χ0) is 23.0. The van der Waals surface area contributed by atoms with Gasteiger partial charge in [0, 0.05) is 13.0 Å². The van der Waals surface area contributed by atoms with Gasteiger partial charge in [0.2, 0.25) is 10.0 Å². The summed E-state index contributed by atoms with van der Waals surface area (Å²) in [5.41, 5.74) is -0.147. The summed E-state index contributed by atoms with van der Waals surface area (Å²) in [6.45, 7) is 3.95. The molecule has 0 radical (unpaired) electrons. The molecule has 0 fully saturated rings. The van der Waals surface area contributed by atoms with Gasteiger partial charge in [0.15, 0.2) is 5.75 Å². The summed E-state index contributed by atoms with van der Waals surface area (Å²) < 4.78 is 35.2. The van der Waals surface area contributed by atoms with Gasteiger partial charge in [-0.2, -0.15) is 0 Å². The van der Waals surface area contributed by atoms with Crippen LogP contribution in [-0.2, 0) is 19.6 Å². The van der Waals surface area contributed by atoms with Gasteiger partial charge in [0.25, 0.3) is 0 Å². The third kappa shape index (κ3) is 7.26. The Morgan fingerprint density at radius 2 is 1.87 bits per heavy atom. The van der Waals surface area contributed by atoms with Gasteiger partial charge < -0.3 is 19.9 Å². The highest BCUT2D eigenvalue weighted by Gasteiger charge is 2.23. The number of carboxylic acid groups (broad SMARTS) is 1. The molecule has 1 atom stereocenters. The minimum atomic E-state index is -4.30. The molecule has 0 saturated heterocycles. The number of carbonyl (C=O) groups is 2. The van der Waals surface area contributed by atoms with E-state index in [0.29, 0.717) is 18.6 Å². The van der Waals surface area contributed by atoms with Crippen LogP contribution in [0.15, 0.2) is 47.4 Å². The molecule has 0 spiro atoms. The van der Waals surface area contributed by atoms with Crippen molar-refractivity contribution in [2.75, 3.05) is 11.9 Å². The van der Waals surface area contributed by atoms with Crippen LogP contribution in [0.25, 0.3) is 0 Å². The molecule has 0 heterocycles. The van der Waals surface area contributed by atoms with Crippen molar-refractivity contribution in [2.24, 2.45) is 5.14 Å². The molecule has 2 aromatic carbocycles. The van der Waals surface area contributed by atoms with E-state index in [2.05, 4.69) is 5.32 Å². The first kappa shape index (κ1) is 24.2. The molecule has 168 valence electrons. The highest BCUT2D eigenvalue weighted by molar-refractivity contribution is 7.89. The minimum absolute atomic E-state index is 0.124. The van der Waals surface area contributed by atoms with Crippen LogP contribution in [0.1, 0.15) is 43.5 Å². The number of sulfonamides is 1. The van der Waals surface area contributed by atoms with E-state index < -0.39 is 20.9 Å². The van der Waals surface area contributed by atoms with Gasteiger partial charge in [0.1, 0.15) is 10.6 Å². The number of rotatable bonds is 11. The first-order valence-electron chi connectivity index (χ1n) is 9.72. The zero-order valence-electron chi connectivity index (χ0n) is 17.3. The Morgan fingerprint density at radius 1 is 1.19 bits per heavy atom. The van der Waals surface area contributed by atoms with Crippen molar-refractivity contribution in [3.8, 4) is 11.5 Å². The molecule has 0 amide bonds. The molecule has 31 heavy (non-hydrogen) atoms. The third-order valence-corrected chi connectivity index (χ3v) is 5.27. The number of aromatic carboxylic acids is 1.